The van der Waals surface area contributed by atoms with Gasteiger partial charge in [-0.05, 0) is 6.07 Å². The van der Waals surface area contributed by atoms with E-state index in [0.717, 1.165) is 6.07 Å². The molecule has 63 heavy (non-hydrogen) atoms. The fourth-order valence-electron chi connectivity index (χ4n) is 4.48. The number of hydrogen-bond donors (Lipinski definition) is 3. The first-order chi connectivity index (χ1) is 30.8. The molecule has 25 nitrogen and oxygen atoms in total. The van der Waals surface area contributed by atoms with Gasteiger partial charge in [-0.25, -0.2) is 4.79 Å². The van der Waals surface area contributed by atoms with E-state index in [1.807, 2.05) is 0 Å². The summed E-state index contributed by atoms with van der Waals surface area (Å²) in [5, 5.41) is 35.8. The van der Waals surface area contributed by atoms with Crippen LogP contribution in [0.25, 0.3) is 0 Å². The molecule has 0 aliphatic heterocycles. The summed E-state index contributed by atoms with van der Waals surface area (Å²) < 4.78 is 75.4. The zero-order valence-corrected chi connectivity index (χ0v) is 36.0. The van der Waals surface area contributed by atoms with E-state index in [2.05, 4.69) is 15.4 Å². The Hall–Kier alpha value is -3.80. The number of carbonyl (C=O) groups excluding carboxylic acids is 1. The lowest BCUT2D eigenvalue weighted by Gasteiger charge is -2.09. The Morgan fingerprint density at radius 3 is 1.06 bits per heavy atom. The Kier molecular flexibility index (Phi) is 39.5. The smallest absolute Gasteiger partial charge is 0.329 e. The van der Waals surface area contributed by atoms with Crippen LogP contribution in [-0.4, -0.2) is 225 Å². The van der Waals surface area contributed by atoms with Gasteiger partial charge in [0.1, 0.15) is 18.9 Å². The first-order valence-corrected chi connectivity index (χ1v) is 20.5. The second-order valence-corrected chi connectivity index (χ2v) is 12.3. The molecule has 0 heterocycles. The van der Waals surface area contributed by atoms with Crippen molar-refractivity contribution in [1.82, 2.24) is 5.32 Å². The molecular formula is C38H66N4O21. The molecule has 0 aliphatic rings. The third-order valence-corrected chi connectivity index (χ3v) is 7.44. The third kappa shape index (κ3) is 38.4. The topological polar surface area (TPSA) is 294 Å². The summed E-state index contributed by atoms with van der Waals surface area (Å²) in [5.41, 5.74) is -0.550. The van der Waals surface area contributed by atoms with Crippen molar-refractivity contribution in [2.75, 3.05) is 203 Å². The average Bonchev–Trinajstić information content (AvgIpc) is 3.26. The molecule has 0 bridgehead atoms. The summed E-state index contributed by atoms with van der Waals surface area (Å²) in [6.07, 6.45) is 0. The van der Waals surface area contributed by atoms with Crippen LogP contribution in [0.3, 0.4) is 0 Å². The number of amides is 1. The maximum atomic E-state index is 11.4. The standard InChI is InChI=1S/C38H66N4O21/c43-37(32-63-33-38(44)45)40-4-6-51-8-10-53-12-14-55-16-18-57-20-22-59-24-26-61-28-30-62-29-27-60-25-23-58-21-19-56-17-15-54-13-11-52-9-7-50-5-3-39-35-2-1-34(41(46)47)31-36(35)42(48)49/h1-2,31,39H,3-30,32-33H2,(H,40,43)(H,44,45). The summed E-state index contributed by atoms with van der Waals surface area (Å²) in [4.78, 5) is 42.3. The molecule has 3 N–H and O–H groups in total. The molecule has 364 valence electrons. The van der Waals surface area contributed by atoms with Gasteiger partial charge in [0.2, 0.25) is 5.91 Å². The molecule has 1 rings (SSSR count). The van der Waals surface area contributed by atoms with E-state index >= 15 is 0 Å². The number of ether oxygens (including phenoxy) is 14. The Morgan fingerprint density at radius 1 is 0.444 bits per heavy atom. The van der Waals surface area contributed by atoms with Crippen LogP contribution in [-0.2, 0) is 75.9 Å². The summed E-state index contributed by atoms with van der Waals surface area (Å²) in [5.74, 6) is -1.54. The van der Waals surface area contributed by atoms with Crippen molar-refractivity contribution in [3.63, 3.8) is 0 Å². The number of nitro groups is 2. The highest BCUT2D eigenvalue weighted by Crippen LogP contribution is 2.28. The molecule has 1 aromatic carbocycles. The Morgan fingerprint density at radius 2 is 0.762 bits per heavy atom. The number of nitrogens with one attached hydrogen (secondary N) is 2. The minimum absolute atomic E-state index is 0.177. The van der Waals surface area contributed by atoms with Crippen LogP contribution in [0.15, 0.2) is 18.2 Å². The number of carboxylic acid groups (broad SMARTS) is 1. The average molecular weight is 915 g/mol. The van der Waals surface area contributed by atoms with E-state index in [-0.39, 0.29) is 43.4 Å². The predicted molar refractivity (Wildman–Crippen MR) is 220 cm³/mol. The fraction of sp³-hybridized carbons (Fsp3) is 0.789. The fourth-order valence-corrected chi connectivity index (χ4v) is 4.48. The molecule has 0 fully saturated rings. The van der Waals surface area contributed by atoms with Crippen molar-refractivity contribution in [2.45, 2.75) is 0 Å². The monoisotopic (exact) mass is 914 g/mol. The van der Waals surface area contributed by atoms with Crippen LogP contribution < -0.4 is 10.6 Å². The van der Waals surface area contributed by atoms with Gasteiger partial charge in [0.15, 0.2) is 0 Å². The van der Waals surface area contributed by atoms with Crippen LogP contribution >= 0.6 is 0 Å². The molecule has 0 radical (unpaired) electrons. The predicted octanol–water partition coefficient (Wildman–Crippen LogP) is 0.348. The van der Waals surface area contributed by atoms with Gasteiger partial charge in [-0.3, -0.25) is 25.0 Å². The lowest BCUT2D eigenvalue weighted by atomic mass is 10.2. The van der Waals surface area contributed by atoms with E-state index in [1.165, 1.54) is 12.1 Å². The van der Waals surface area contributed by atoms with E-state index in [9.17, 15) is 29.8 Å². The minimum atomic E-state index is -1.13. The number of carbonyl (C=O) groups is 2. The highest BCUT2D eigenvalue weighted by atomic mass is 16.6. The number of hydrogen-bond acceptors (Lipinski definition) is 21. The molecule has 0 aliphatic carbocycles. The minimum Gasteiger partial charge on any atom is -0.480 e. The second kappa shape index (κ2) is 43.5. The Labute approximate surface area is 366 Å². The molecule has 1 amide bonds. The molecule has 0 saturated heterocycles. The molecule has 25 heteroatoms. The van der Waals surface area contributed by atoms with Crippen LogP contribution in [0.2, 0.25) is 0 Å². The lowest BCUT2D eigenvalue weighted by Crippen LogP contribution is -2.31. The Balaban J connectivity index is 1.67. The zero-order chi connectivity index (χ0) is 45.7. The van der Waals surface area contributed by atoms with Gasteiger partial charge in [0, 0.05) is 19.2 Å². The van der Waals surface area contributed by atoms with Crippen LogP contribution in [0.4, 0.5) is 17.1 Å². The van der Waals surface area contributed by atoms with Gasteiger partial charge in [0.25, 0.3) is 11.4 Å². The van der Waals surface area contributed by atoms with Crippen molar-refractivity contribution in [2.24, 2.45) is 0 Å². The first kappa shape index (κ1) is 57.2. The zero-order valence-electron chi connectivity index (χ0n) is 36.0. The maximum absolute atomic E-state index is 11.4. The van der Waals surface area contributed by atoms with Gasteiger partial charge in [-0.1, -0.05) is 0 Å². The lowest BCUT2D eigenvalue weighted by molar-refractivity contribution is -0.393. The largest absolute Gasteiger partial charge is 0.480 e. The van der Waals surface area contributed by atoms with Crippen molar-refractivity contribution < 1.29 is 90.9 Å². The van der Waals surface area contributed by atoms with E-state index in [4.69, 9.17) is 66.7 Å². The van der Waals surface area contributed by atoms with E-state index in [1.54, 1.807) is 0 Å². The molecular weight excluding hydrogens is 848 g/mol. The number of anilines is 1. The number of non-ortho nitro benzene ring substituents is 1. The summed E-state index contributed by atoms with van der Waals surface area (Å²) in [6.45, 7) is 10.5. The number of nitrogens with zero attached hydrogens (tertiary/aromatic N) is 2. The Bertz CT molecular complexity index is 1290. The number of benzene rings is 1. The third-order valence-electron chi connectivity index (χ3n) is 7.44. The van der Waals surface area contributed by atoms with Crippen molar-refractivity contribution in [3.05, 3.63) is 38.4 Å². The van der Waals surface area contributed by atoms with Crippen molar-refractivity contribution >= 4 is 28.9 Å². The number of rotatable bonds is 49. The second-order valence-electron chi connectivity index (χ2n) is 12.3. The molecule has 0 aromatic heterocycles. The normalized spacial score (nSPS) is 11.2. The van der Waals surface area contributed by atoms with Crippen molar-refractivity contribution in [3.8, 4) is 0 Å². The molecule has 0 spiro atoms. The molecule has 0 unspecified atom stereocenters. The van der Waals surface area contributed by atoms with Gasteiger partial charge in [-0.15, -0.1) is 0 Å². The quantitative estimate of drug-likeness (QED) is 0.0451. The SMILES string of the molecule is O=C(O)COCC(=O)NCCOCCOCCOCCOCCOCCOCCOCCOCCOCCOCCOCCOCCOCCNc1ccc([N+](=O)[O-])cc1[N+](=O)[O-]. The number of aliphatic carboxylic acids is 1. The van der Waals surface area contributed by atoms with Crippen LogP contribution in [0, 0.1) is 20.2 Å². The van der Waals surface area contributed by atoms with Crippen molar-refractivity contribution in [1.29, 1.82) is 0 Å². The summed E-state index contributed by atoms with van der Waals surface area (Å²) in [6, 6.07) is 3.41. The highest BCUT2D eigenvalue weighted by Gasteiger charge is 2.19. The molecule has 0 saturated carbocycles. The van der Waals surface area contributed by atoms with E-state index in [0.29, 0.717) is 165 Å². The first-order valence-electron chi connectivity index (χ1n) is 20.5. The molecule has 1 aromatic rings. The van der Waals surface area contributed by atoms with Gasteiger partial charge in [0.05, 0.1) is 188 Å². The highest BCUT2D eigenvalue weighted by molar-refractivity contribution is 5.77. The number of carboxylic acids is 1. The summed E-state index contributed by atoms with van der Waals surface area (Å²) in [7, 11) is 0. The van der Waals surface area contributed by atoms with Crippen LogP contribution in [0.1, 0.15) is 0 Å². The van der Waals surface area contributed by atoms with Crippen LogP contribution in [0.5, 0.6) is 0 Å². The summed E-state index contributed by atoms with van der Waals surface area (Å²) >= 11 is 0. The van der Waals surface area contributed by atoms with Gasteiger partial charge < -0.3 is 82.1 Å². The maximum Gasteiger partial charge on any atom is 0.329 e. The number of nitro benzene ring substituents is 2. The molecule has 0 atom stereocenters. The van der Waals surface area contributed by atoms with Gasteiger partial charge >= 0.3 is 5.97 Å². The van der Waals surface area contributed by atoms with Gasteiger partial charge in [-0.2, -0.15) is 0 Å². The van der Waals surface area contributed by atoms with E-state index < -0.39 is 28.3 Å².